The molecule has 20 heavy (non-hydrogen) atoms. The number of hydrogen-bond donors (Lipinski definition) is 1. The van der Waals surface area contributed by atoms with Crippen LogP contribution in [0.4, 0.5) is 19.6 Å². The molecule has 0 aliphatic carbocycles. The monoisotopic (exact) mass is 362 g/mol. The van der Waals surface area contributed by atoms with Gasteiger partial charge in [-0.3, -0.25) is 0 Å². The van der Waals surface area contributed by atoms with Gasteiger partial charge >= 0.3 is 5.97 Å². The van der Waals surface area contributed by atoms with Crippen molar-refractivity contribution in [1.82, 2.24) is 4.98 Å². The molecule has 0 bridgehead atoms. The summed E-state index contributed by atoms with van der Waals surface area (Å²) in [6.45, 7) is 1.94. The number of hydrogen-bond acceptors (Lipinski definition) is 5. The Balaban J connectivity index is 2.19. The van der Waals surface area contributed by atoms with Crippen LogP contribution in [0.2, 0.25) is 0 Å². The molecule has 1 aromatic carbocycles. The van der Waals surface area contributed by atoms with Gasteiger partial charge in [-0.1, -0.05) is 0 Å². The van der Waals surface area contributed by atoms with Crippen molar-refractivity contribution in [2.75, 3.05) is 11.9 Å². The van der Waals surface area contributed by atoms with Crippen LogP contribution >= 0.6 is 27.3 Å². The molecule has 0 saturated carbocycles. The second-order valence-electron chi connectivity index (χ2n) is 3.63. The molecule has 0 unspecified atom stereocenters. The van der Waals surface area contributed by atoms with E-state index in [4.69, 9.17) is 4.74 Å². The number of carbonyl (C=O) groups is 1. The second-order valence-corrected chi connectivity index (χ2v) is 5.34. The number of halogens is 3. The van der Waals surface area contributed by atoms with Crippen molar-refractivity contribution in [2.45, 2.75) is 6.92 Å². The van der Waals surface area contributed by atoms with E-state index in [9.17, 15) is 13.6 Å². The Morgan fingerprint density at radius 3 is 2.90 bits per heavy atom. The van der Waals surface area contributed by atoms with Crippen LogP contribution in [0, 0.1) is 11.6 Å². The first-order chi connectivity index (χ1) is 9.51. The van der Waals surface area contributed by atoms with Gasteiger partial charge in [0.05, 0.1) is 16.8 Å². The fraction of sp³-hybridized carbons (Fsp3) is 0.167. The van der Waals surface area contributed by atoms with E-state index in [0.29, 0.717) is 5.13 Å². The van der Waals surface area contributed by atoms with Crippen molar-refractivity contribution >= 4 is 44.1 Å². The quantitative estimate of drug-likeness (QED) is 0.656. The topological polar surface area (TPSA) is 51.2 Å². The molecule has 0 amide bonds. The summed E-state index contributed by atoms with van der Waals surface area (Å²) >= 11 is 4.09. The van der Waals surface area contributed by atoms with Gasteiger partial charge in [-0.15, -0.1) is 11.3 Å². The number of ether oxygens (including phenoxy) is 1. The van der Waals surface area contributed by atoms with Crippen molar-refractivity contribution in [1.29, 1.82) is 0 Å². The molecule has 0 aliphatic rings. The van der Waals surface area contributed by atoms with Crippen molar-refractivity contribution in [3.8, 4) is 0 Å². The molecule has 0 atom stereocenters. The van der Waals surface area contributed by atoms with Crippen LogP contribution in [0.3, 0.4) is 0 Å². The minimum atomic E-state index is -0.751. The minimum absolute atomic E-state index is 0.0584. The van der Waals surface area contributed by atoms with Gasteiger partial charge in [-0.05, 0) is 28.9 Å². The van der Waals surface area contributed by atoms with Gasteiger partial charge in [0.25, 0.3) is 0 Å². The zero-order valence-electron chi connectivity index (χ0n) is 10.2. The summed E-state index contributed by atoms with van der Waals surface area (Å²) < 4.78 is 31.6. The summed E-state index contributed by atoms with van der Waals surface area (Å²) in [5, 5.41) is 4.49. The molecule has 0 spiro atoms. The number of rotatable bonds is 4. The Hall–Kier alpha value is -1.54. The Kier molecular flexibility index (Phi) is 4.66. The molecule has 1 heterocycles. The number of benzene rings is 1. The molecule has 0 fully saturated rings. The lowest BCUT2D eigenvalue weighted by molar-refractivity contribution is 0.0520. The molecule has 2 aromatic rings. The molecular formula is C12H9BrF2N2O2S. The number of anilines is 2. The van der Waals surface area contributed by atoms with Crippen LogP contribution in [0.1, 0.15) is 17.4 Å². The smallest absolute Gasteiger partial charge is 0.357 e. The predicted molar refractivity (Wildman–Crippen MR) is 75.4 cm³/mol. The number of thiazole rings is 1. The third kappa shape index (κ3) is 3.31. The highest BCUT2D eigenvalue weighted by atomic mass is 79.9. The van der Waals surface area contributed by atoms with Crippen molar-refractivity contribution in [2.24, 2.45) is 0 Å². The third-order valence-corrected chi connectivity index (χ3v) is 3.61. The summed E-state index contributed by atoms with van der Waals surface area (Å²) in [5.74, 6) is -1.99. The Bertz CT molecular complexity index is 648. The van der Waals surface area contributed by atoms with E-state index < -0.39 is 17.6 Å². The van der Waals surface area contributed by atoms with Gasteiger partial charge < -0.3 is 10.1 Å². The van der Waals surface area contributed by atoms with E-state index in [1.54, 1.807) is 6.92 Å². The molecule has 8 heteroatoms. The lowest BCUT2D eigenvalue weighted by atomic mass is 10.3. The lowest BCUT2D eigenvalue weighted by Gasteiger charge is -2.05. The van der Waals surface area contributed by atoms with Gasteiger partial charge in [0.15, 0.2) is 10.8 Å². The van der Waals surface area contributed by atoms with E-state index >= 15 is 0 Å². The van der Waals surface area contributed by atoms with Crippen LogP contribution in [0.15, 0.2) is 22.0 Å². The first kappa shape index (κ1) is 14.9. The Morgan fingerprint density at radius 2 is 2.20 bits per heavy atom. The van der Waals surface area contributed by atoms with E-state index in [-0.39, 0.29) is 22.5 Å². The van der Waals surface area contributed by atoms with Gasteiger partial charge in [-0.2, -0.15) is 0 Å². The van der Waals surface area contributed by atoms with Crippen LogP contribution in [-0.2, 0) is 4.74 Å². The fourth-order valence-electron chi connectivity index (χ4n) is 1.36. The van der Waals surface area contributed by atoms with Crippen LogP contribution in [0.5, 0.6) is 0 Å². The Labute approximate surface area is 125 Å². The first-order valence-corrected chi connectivity index (χ1v) is 7.22. The third-order valence-electron chi connectivity index (χ3n) is 2.24. The number of esters is 1. The molecule has 0 radical (unpaired) electrons. The lowest BCUT2D eigenvalue weighted by Crippen LogP contribution is -2.05. The summed E-state index contributed by atoms with van der Waals surface area (Å²) in [6, 6.07) is 2.02. The fourth-order valence-corrected chi connectivity index (χ4v) is 2.40. The zero-order chi connectivity index (χ0) is 14.7. The molecule has 1 aromatic heterocycles. The molecule has 2 rings (SSSR count). The van der Waals surface area contributed by atoms with Crippen LogP contribution in [-0.4, -0.2) is 17.6 Å². The summed E-state index contributed by atoms with van der Waals surface area (Å²) in [7, 11) is 0. The van der Waals surface area contributed by atoms with Gasteiger partial charge in [-0.25, -0.2) is 18.6 Å². The number of carbonyl (C=O) groups excluding carboxylic acids is 1. The molecule has 0 saturated heterocycles. The molecule has 106 valence electrons. The van der Waals surface area contributed by atoms with E-state index in [0.717, 1.165) is 17.4 Å². The SMILES string of the molecule is CCOC(=O)c1csc(Nc2cc(Br)c(F)cc2F)n1. The molecule has 0 aliphatic heterocycles. The molecule has 1 N–H and O–H groups in total. The van der Waals surface area contributed by atoms with Crippen molar-refractivity contribution in [3.63, 3.8) is 0 Å². The number of nitrogens with zero attached hydrogens (tertiary/aromatic N) is 1. The van der Waals surface area contributed by atoms with Crippen molar-refractivity contribution in [3.05, 3.63) is 39.3 Å². The minimum Gasteiger partial charge on any atom is -0.461 e. The van der Waals surface area contributed by atoms with Crippen molar-refractivity contribution < 1.29 is 18.3 Å². The van der Waals surface area contributed by atoms with E-state index in [1.165, 1.54) is 11.4 Å². The van der Waals surface area contributed by atoms with Crippen LogP contribution < -0.4 is 5.32 Å². The largest absolute Gasteiger partial charge is 0.461 e. The zero-order valence-corrected chi connectivity index (χ0v) is 12.6. The van der Waals surface area contributed by atoms with Gasteiger partial charge in [0.2, 0.25) is 0 Å². The maximum Gasteiger partial charge on any atom is 0.357 e. The first-order valence-electron chi connectivity index (χ1n) is 5.55. The number of aromatic nitrogens is 1. The normalized spacial score (nSPS) is 10.4. The summed E-state index contributed by atoms with van der Waals surface area (Å²) in [5.41, 5.74) is 0.198. The van der Waals surface area contributed by atoms with E-state index in [2.05, 4.69) is 26.2 Å². The molecular weight excluding hydrogens is 354 g/mol. The van der Waals surface area contributed by atoms with Gasteiger partial charge in [0.1, 0.15) is 11.6 Å². The van der Waals surface area contributed by atoms with Gasteiger partial charge in [0, 0.05) is 11.4 Å². The maximum absolute atomic E-state index is 13.6. The summed E-state index contributed by atoms with van der Waals surface area (Å²) in [4.78, 5) is 15.4. The summed E-state index contributed by atoms with van der Waals surface area (Å²) in [6.07, 6.45) is 0. The highest BCUT2D eigenvalue weighted by molar-refractivity contribution is 9.10. The average Bonchev–Trinajstić information content (AvgIpc) is 2.85. The predicted octanol–water partition coefficient (Wildman–Crippen LogP) is 4.10. The highest BCUT2D eigenvalue weighted by Gasteiger charge is 2.14. The Morgan fingerprint density at radius 1 is 1.45 bits per heavy atom. The molecule has 4 nitrogen and oxygen atoms in total. The standard InChI is InChI=1S/C12H9BrF2N2O2S/c1-2-19-11(18)10-5-20-12(17-10)16-9-3-6(13)7(14)4-8(9)15/h3-5H,2H2,1H3,(H,16,17). The van der Waals surface area contributed by atoms with E-state index in [1.807, 2.05) is 0 Å². The van der Waals surface area contributed by atoms with Crippen LogP contribution in [0.25, 0.3) is 0 Å². The highest BCUT2D eigenvalue weighted by Crippen LogP contribution is 2.27. The maximum atomic E-state index is 13.6. The second kappa shape index (κ2) is 6.27. The number of nitrogens with one attached hydrogen (secondary N) is 1. The average molecular weight is 363 g/mol.